The number of benzene rings is 1. The molecule has 0 radical (unpaired) electrons. The lowest BCUT2D eigenvalue weighted by atomic mass is 9.96. The first-order valence-electron chi connectivity index (χ1n) is 11.1. The highest BCUT2D eigenvalue weighted by Gasteiger charge is 2.21. The highest BCUT2D eigenvalue weighted by molar-refractivity contribution is 5.89. The van der Waals surface area contributed by atoms with Crippen LogP contribution in [0.4, 0.5) is 15.3 Å². The first-order chi connectivity index (χ1) is 14.3. The summed E-state index contributed by atoms with van der Waals surface area (Å²) in [5.74, 6) is 0.529. The molecule has 7 heteroatoms. The Morgan fingerprint density at radius 3 is 2.40 bits per heavy atom. The largest absolute Gasteiger partial charge is 0.444 e. The fraction of sp³-hybridized carbons (Fsp3) is 0.652. The number of nitrogens with one attached hydrogen (secondary N) is 3. The number of hydrogen-bond acceptors (Lipinski definition) is 4. The SMILES string of the molecule is CC(C)(C)OC(=O)NCC1CCN(CCCCCNC(=O)Nc2ccccc2)CC1. The highest BCUT2D eigenvalue weighted by atomic mass is 16.6. The molecule has 2 rings (SSSR count). The molecule has 0 spiro atoms. The number of urea groups is 1. The average Bonchev–Trinajstić information content (AvgIpc) is 2.69. The summed E-state index contributed by atoms with van der Waals surface area (Å²) in [6.45, 7) is 10.3. The predicted molar refractivity (Wildman–Crippen MR) is 121 cm³/mol. The molecule has 1 aliphatic rings. The van der Waals surface area contributed by atoms with Gasteiger partial charge in [-0.15, -0.1) is 0 Å². The van der Waals surface area contributed by atoms with Crippen LogP contribution in [0.3, 0.4) is 0 Å². The van der Waals surface area contributed by atoms with E-state index in [1.54, 1.807) is 0 Å². The molecule has 3 amide bonds. The second-order valence-electron chi connectivity index (χ2n) is 8.98. The Labute approximate surface area is 180 Å². The third-order valence-corrected chi connectivity index (χ3v) is 5.11. The van der Waals surface area contributed by atoms with Crippen LogP contribution in [0.2, 0.25) is 0 Å². The van der Waals surface area contributed by atoms with Gasteiger partial charge in [0.05, 0.1) is 0 Å². The summed E-state index contributed by atoms with van der Waals surface area (Å²) in [4.78, 5) is 26.1. The summed E-state index contributed by atoms with van der Waals surface area (Å²) in [6, 6.07) is 9.31. The summed E-state index contributed by atoms with van der Waals surface area (Å²) < 4.78 is 5.29. The lowest BCUT2D eigenvalue weighted by Gasteiger charge is -2.32. The zero-order chi connectivity index (χ0) is 21.8. The Bertz CT molecular complexity index is 638. The molecule has 0 saturated carbocycles. The van der Waals surface area contributed by atoms with Crippen LogP contribution in [0, 0.1) is 5.92 Å². The van der Waals surface area contributed by atoms with Crippen LogP contribution in [0.25, 0.3) is 0 Å². The second-order valence-corrected chi connectivity index (χ2v) is 8.98. The summed E-state index contributed by atoms with van der Waals surface area (Å²) in [5.41, 5.74) is 0.356. The number of piperidine rings is 1. The van der Waals surface area contributed by atoms with Crippen LogP contribution in [0.15, 0.2) is 30.3 Å². The number of anilines is 1. The van der Waals surface area contributed by atoms with Crippen molar-refractivity contribution in [2.75, 3.05) is 38.0 Å². The Kier molecular flexibility index (Phi) is 9.94. The highest BCUT2D eigenvalue weighted by Crippen LogP contribution is 2.17. The molecule has 7 nitrogen and oxygen atoms in total. The molecule has 30 heavy (non-hydrogen) atoms. The fourth-order valence-electron chi connectivity index (χ4n) is 3.49. The van der Waals surface area contributed by atoms with E-state index in [0.29, 0.717) is 19.0 Å². The summed E-state index contributed by atoms with van der Waals surface area (Å²) in [6.07, 6.45) is 5.12. The van der Waals surface area contributed by atoms with Gasteiger partial charge in [0, 0.05) is 18.8 Å². The van der Waals surface area contributed by atoms with Crippen molar-refractivity contribution in [3.63, 3.8) is 0 Å². The first-order valence-corrected chi connectivity index (χ1v) is 11.1. The van der Waals surface area contributed by atoms with Gasteiger partial charge in [0.2, 0.25) is 0 Å². The lowest BCUT2D eigenvalue weighted by Crippen LogP contribution is -2.40. The van der Waals surface area contributed by atoms with E-state index in [4.69, 9.17) is 4.74 Å². The third kappa shape index (κ3) is 10.5. The maximum Gasteiger partial charge on any atom is 0.407 e. The number of carbonyl (C=O) groups is 2. The average molecular weight is 419 g/mol. The minimum absolute atomic E-state index is 0.150. The number of likely N-dealkylation sites (tertiary alicyclic amines) is 1. The Balaban J connectivity index is 1.45. The van der Waals surface area contributed by atoms with Crippen LogP contribution in [-0.4, -0.2) is 55.3 Å². The van der Waals surface area contributed by atoms with Crippen molar-refractivity contribution in [3.8, 4) is 0 Å². The molecule has 1 fully saturated rings. The van der Waals surface area contributed by atoms with Gasteiger partial charge in [-0.2, -0.15) is 0 Å². The summed E-state index contributed by atoms with van der Waals surface area (Å²) in [7, 11) is 0. The fourth-order valence-corrected chi connectivity index (χ4v) is 3.49. The van der Waals surface area contributed by atoms with Gasteiger partial charge in [0.1, 0.15) is 5.60 Å². The van der Waals surface area contributed by atoms with E-state index in [2.05, 4.69) is 20.9 Å². The topological polar surface area (TPSA) is 82.7 Å². The number of hydrogen-bond donors (Lipinski definition) is 3. The molecule has 1 aliphatic heterocycles. The molecular formula is C23H38N4O3. The maximum absolute atomic E-state index is 11.8. The summed E-state index contributed by atoms with van der Waals surface area (Å²) >= 11 is 0. The number of amides is 3. The second kappa shape index (κ2) is 12.4. The van der Waals surface area contributed by atoms with Gasteiger partial charge in [-0.3, -0.25) is 0 Å². The Morgan fingerprint density at radius 2 is 1.73 bits per heavy atom. The third-order valence-electron chi connectivity index (χ3n) is 5.11. The number of rotatable bonds is 9. The van der Waals surface area contributed by atoms with Crippen LogP contribution < -0.4 is 16.0 Å². The first kappa shape index (κ1) is 24.0. The molecule has 0 aromatic heterocycles. The van der Waals surface area contributed by atoms with Gasteiger partial charge in [-0.1, -0.05) is 24.6 Å². The Hall–Kier alpha value is -2.28. The van der Waals surface area contributed by atoms with Crippen molar-refractivity contribution in [2.24, 2.45) is 5.92 Å². The molecule has 1 aromatic rings. The van der Waals surface area contributed by atoms with Crippen LogP contribution in [-0.2, 0) is 4.74 Å². The predicted octanol–water partition coefficient (Wildman–Crippen LogP) is 4.22. The number of carbonyl (C=O) groups excluding carboxylic acids is 2. The van der Waals surface area contributed by atoms with Crippen molar-refractivity contribution in [1.29, 1.82) is 0 Å². The number of nitrogens with zero attached hydrogens (tertiary/aromatic N) is 1. The van der Waals surface area contributed by atoms with Crippen molar-refractivity contribution in [1.82, 2.24) is 15.5 Å². The molecule has 1 saturated heterocycles. The van der Waals surface area contributed by atoms with Gasteiger partial charge in [-0.25, -0.2) is 9.59 Å². The summed E-state index contributed by atoms with van der Waals surface area (Å²) in [5, 5.41) is 8.62. The van der Waals surface area contributed by atoms with E-state index in [0.717, 1.165) is 57.4 Å². The van der Waals surface area contributed by atoms with Crippen molar-refractivity contribution >= 4 is 17.8 Å². The molecule has 168 valence electrons. The number of unbranched alkanes of at least 4 members (excludes halogenated alkanes) is 2. The maximum atomic E-state index is 11.8. The number of para-hydroxylation sites is 1. The zero-order valence-corrected chi connectivity index (χ0v) is 18.7. The molecule has 0 atom stereocenters. The van der Waals surface area contributed by atoms with Crippen molar-refractivity contribution in [3.05, 3.63) is 30.3 Å². The number of ether oxygens (including phenoxy) is 1. The van der Waals surface area contributed by atoms with E-state index >= 15 is 0 Å². The monoisotopic (exact) mass is 418 g/mol. The quantitative estimate of drug-likeness (QED) is 0.525. The molecule has 1 aromatic carbocycles. The molecular weight excluding hydrogens is 380 g/mol. The van der Waals surface area contributed by atoms with Crippen LogP contribution in [0.5, 0.6) is 0 Å². The van der Waals surface area contributed by atoms with E-state index < -0.39 is 5.60 Å². The Morgan fingerprint density at radius 1 is 1.03 bits per heavy atom. The van der Waals surface area contributed by atoms with E-state index in [9.17, 15) is 9.59 Å². The molecule has 0 bridgehead atoms. The van der Waals surface area contributed by atoms with Gasteiger partial charge in [-0.05, 0) is 84.1 Å². The zero-order valence-electron chi connectivity index (χ0n) is 18.7. The van der Waals surface area contributed by atoms with Crippen LogP contribution in [0.1, 0.15) is 52.9 Å². The van der Waals surface area contributed by atoms with Gasteiger partial charge >= 0.3 is 12.1 Å². The molecule has 3 N–H and O–H groups in total. The van der Waals surface area contributed by atoms with Crippen LogP contribution >= 0.6 is 0 Å². The van der Waals surface area contributed by atoms with Gasteiger partial charge in [0.15, 0.2) is 0 Å². The van der Waals surface area contributed by atoms with Crippen molar-refractivity contribution < 1.29 is 14.3 Å². The molecule has 1 heterocycles. The molecule has 0 unspecified atom stereocenters. The van der Waals surface area contributed by atoms with Gasteiger partial charge < -0.3 is 25.6 Å². The smallest absolute Gasteiger partial charge is 0.407 e. The minimum atomic E-state index is -0.450. The normalized spacial score (nSPS) is 15.4. The van der Waals surface area contributed by atoms with E-state index in [1.165, 1.54) is 0 Å². The number of alkyl carbamates (subject to hydrolysis) is 1. The van der Waals surface area contributed by atoms with Gasteiger partial charge in [0.25, 0.3) is 0 Å². The minimum Gasteiger partial charge on any atom is -0.444 e. The standard InChI is InChI=1S/C23H38N4O3/c1-23(2,3)30-22(29)25-18-19-12-16-27(17-13-19)15-9-5-8-14-24-21(28)26-20-10-6-4-7-11-20/h4,6-7,10-11,19H,5,8-9,12-18H2,1-3H3,(H,25,29)(H2,24,26,28). The van der Waals surface area contributed by atoms with Crippen molar-refractivity contribution in [2.45, 2.75) is 58.5 Å². The van der Waals surface area contributed by atoms with E-state index in [1.807, 2.05) is 51.1 Å². The molecule has 0 aliphatic carbocycles. The van der Waals surface area contributed by atoms with E-state index in [-0.39, 0.29) is 12.1 Å². The lowest BCUT2D eigenvalue weighted by molar-refractivity contribution is 0.0509.